The third-order valence-corrected chi connectivity index (χ3v) is 4.04. The molecule has 0 radical (unpaired) electrons. The molecule has 0 aliphatic rings. The van der Waals surface area contributed by atoms with Crippen LogP contribution < -0.4 is 5.32 Å². The van der Waals surface area contributed by atoms with Crippen LogP contribution in [0.25, 0.3) is 11.3 Å². The van der Waals surface area contributed by atoms with E-state index in [0.29, 0.717) is 12.1 Å². The van der Waals surface area contributed by atoms with Crippen molar-refractivity contribution in [3.05, 3.63) is 65.6 Å². The zero-order valence-electron chi connectivity index (χ0n) is 14.7. The molecule has 0 saturated heterocycles. The molecule has 0 unspecified atom stereocenters. The van der Waals surface area contributed by atoms with Crippen molar-refractivity contribution < 1.29 is 4.79 Å². The number of nitrogens with zero attached hydrogens (tertiary/aromatic N) is 4. The molecule has 0 saturated carbocycles. The maximum atomic E-state index is 12.5. The zero-order valence-corrected chi connectivity index (χ0v) is 14.7. The van der Waals surface area contributed by atoms with Gasteiger partial charge >= 0.3 is 0 Å². The highest BCUT2D eigenvalue weighted by atomic mass is 16.1. The first kappa shape index (κ1) is 16.8. The molecule has 6 heteroatoms. The third kappa shape index (κ3) is 3.74. The van der Waals surface area contributed by atoms with Gasteiger partial charge in [0.1, 0.15) is 0 Å². The highest BCUT2D eigenvalue weighted by Gasteiger charge is 2.11. The standard InChI is InChI=1S/C19H21N5O/c1-4-24-12-20-10-17(24)11-22-19(25)16-7-5-6-15(8-16)18-14(3)21-9-13(2)23-18/h5-10,12H,4,11H2,1-3H3,(H,22,25). The van der Waals surface area contributed by atoms with Crippen LogP contribution in [0.4, 0.5) is 0 Å². The largest absolute Gasteiger partial charge is 0.346 e. The quantitative estimate of drug-likeness (QED) is 0.778. The lowest BCUT2D eigenvalue weighted by Gasteiger charge is -2.09. The Morgan fingerprint density at radius 2 is 2.08 bits per heavy atom. The van der Waals surface area contributed by atoms with E-state index in [9.17, 15) is 4.79 Å². The Morgan fingerprint density at radius 1 is 1.24 bits per heavy atom. The first-order valence-electron chi connectivity index (χ1n) is 8.26. The number of benzene rings is 1. The molecule has 3 rings (SSSR count). The Morgan fingerprint density at radius 3 is 2.88 bits per heavy atom. The van der Waals surface area contributed by atoms with Crippen LogP contribution in [0.3, 0.4) is 0 Å². The van der Waals surface area contributed by atoms with Crippen LogP contribution in [0.2, 0.25) is 0 Å². The van der Waals surface area contributed by atoms with Gasteiger partial charge in [-0.2, -0.15) is 0 Å². The molecule has 2 aromatic heterocycles. The highest BCUT2D eigenvalue weighted by molar-refractivity contribution is 5.95. The number of carbonyl (C=O) groups is 1. The van der Waals surface area contributed by atoms with E-state index in [2.05, 4.69) is 20.3 Å². The van der Waals surface area contributed by atoms with Crippen LogP contribution in [0.15, 0.2) is 43.0 Å². The summed E-state index contributed by atoms with van der Waals surface area (Å²) >= 11 is 0. The normalized spacial score (nSPS) is 10.7. The minimum absolute atomic E-state index is 0.121. The number of imidazole rings is 1. The predicted molar refractivity (Wildman–Crippen MR) is 96.0 cm³/mol. The Labute approximate surface area is 147 Å². The van der Waals surface area contributed by atoms with Gasteiger partial charge in [-0.15, -0.1) is 0 Å². The maximum Gasteiger partial charge on any atom is 0.251 e. The number of aromatic nitrogens is 4. The van der Waals surface area contributed by atoms with Gasteiger partial charge in [0, 0.05) is 30.1 Å². The summed E-state index contributed by atoms with van der Waals surface area (Å²) in [5, 5.41) is 2.94. The SMILES string of the molecule is CCn1cncc1CNC(=O)c1cccc(-c2nc(C)cnc2C)c1. The Balaban J connectivity index is 1.79. The number of hydrogen-bond acceptors (Lipinski definition) is 4. The number of hydrogen-bond donors (Lipinski definition) is 1. The van der Waals surface area contributed by atoms with Gasteiger partial charge < -0.3 is 9.88 Å². The second-order valence-electron chi connectivity index (χ2n) is 5.88. The summed E-state index contributed by atoms with van der Waals surface area (Å²) in [5.41, 5.74) is 4.96. The number of aryl methyl sites for hydroxylation is 3. The third-order valence-electron chi connectivity index (χ3n) is 4.04. The van der Waals surface area contributed by atoms with Gasteiger partial charge in [-0.05, 0) is 32.9 Å². The van der Waals surface area contributed by atoms with Gasteiger partial charge in [-0.25, -0.2) is 9.97 Å². The lowest BCUT2D eigenvalue weighted by molar-refractivity contribution is 0.0950. The van der Waals surface area contributed by atoms with Crippen molar-refractivity contribution in [1.82, 2.24) is 24.8 Å². The van der Waals surface area contributed by atoms with Crippen molar-refractivity contribution in [2.45, 2.75) is 33.9 Å². The molecule has 0 spiro atoms. The summed E-state index contributed by atoms with van der Waals surface area (Å²) in [6.07, 6.45) is 5.28. The number of rotatable bonds is 5. The molecule has 0 fully saturated rings. The van der Waals surface area contributed by atoms with Crippen LogP contribution in [0.5, 0.6) is 0 Å². The average molecular weight is 335 g/mol. The van der Waals surface area contributed by atoms with Crippen molar-refractivity contribution in [1.29, 1.82) is 0 Å². The van der Waals surface area contributed by atoms with E-state index in [4.69, 9.17) is 0 Å². The monoisotopic (exact) mass is 335 g/mol. The summed E-state index contributed by atoms with van der Waals surface area (Å²) in [7, 11) is 0. The fraction of sp³-hybridized carbons (Fsp3) is 0.263. The Bertz CT molecular complexity index is 900. The molecule has 25 heavy (non-hydrogen) atoms. The van der Waals surface area contributed by atoms with E-state index in [1.807, 2.05) is 43.5 Å². The molecule has 6 nitrogen and oxygen atoms in total. The molecule has 0 aliphatic carbocycles. The van der Waals surface area contributed by atoms with Crippen LogP contribution in [0.1, 0.15) is 34.4 Å². The molecular formula is C19H21N5O. The summed E-state index contributed by atoms with van der Waals surface area (Å²) in [4.78, 5) is 25.5. The molecule has 1 aromatic carbocycles. The van der Waals surface area contributed by atoms with Gasteiger partial charge in [0.2, 0.25) is 0 Å². The van der Waals surface area contributed by atoms with E-state index in [1.165, 1.54) is 0 Å². The lowest BCUT2D eigenvalue weighted by Crippen LogP contribution is -2.24. The minimum Gasteiger partial charge on any atom is -0.346 e. The van der Waals surface area contributed by atoms with Crippen molar-refractivity contribution >= 4 is 5.91 Å². The van der Waals surface area contributed by atoms with Crippen LogP contribution in [-0.2, 0) is 13.1 Å². The van der Waals surface area contributed by atoms with Gasteiger partial charge in [0.25, 0.3) is 5.91 Å². The topological polar surface area (TPSA) is 72.7 Å². The summed E-state index contributed by atoms with van der Waals surface area (Å²) < 4.78 is 2.00. The van der Waals surface area contributed by atoms with E-state index in [1.54, 1.807) is 24.8 Å². The Kier molecular flexibility index (Phi) is 4.88. The molecule has 2 heterocycles. The summed E-state index contributed by atoms with van der Waals surface area (Å²) in [6.45, 7) is 7.14. The second kappa shape index (κ2) is 7.25. The van der Waals surface area contributed by atoms with Crippen LogP contribution >= 0.6 is 0 Å². The van der Waals surface area contributed by atoms with E-state index >= 15 is 0 Å². The van der Waals surface area contributed by atoms with Crippen LogP contribution in [0, 0.1) is 13.8 Å². The van der Waals surface area contributed by atoms with Crippen LogP contribution in [-0.4, -0.2) is 25.4 Å². The van der Waals surface area contributed by atoms with Crippen molar-refractivity contribution in [3.8, 4) is 11.3 Å². The molecule has 0 aliphatic heterocycles. The first-order valence-corrected chi connectivity index (χ1v) is 8.26. The molecular weight excluding hydrogens is 314 g/mol. The molecule has 3 aromatic rings. The van der Waals surface area contributed by atoms with E-state index in [0.717, 1.165) is 34.9 Å². The van der Waals surface area contributed by atoms with E-state index < -0.39 is 0 Å². The lowest BCUT2D eigenvalue weighted by atomic mass is 10.1. The average Bonchev–Trinajstić information content (AvgIpc) is 3.09. The molecule has 0 bridgehead atoms. The number of amides is 1. The fourth-order valence-corrected chi connectivity index (χ4v) is 2.67. The maximum absolute atomic E-state index is 12.5. The zero-order chi connectivity index (χ0) is 17.8. The van der Waals surface area contributed by atoms with E-state index in [-0.39, 0.29) is 5.91 Å². The fourth-order valence-electron chi connectivity index (χ4n) is 2.67. The predicted octanol–water partition coefficient (Wildman–Crippen LogP) is 2.91. The van der Waals surface area contributed by atoms with Gasteiger partial charge in [0.05, 0.1) is 35.6 Å². The van der Waals surface area contributed by atoms with Gasteiger partial charge in [-0.3, -0.25) is 9.78 Å². The van der Waals surface area contributed by atoms with Gasteiger partial charge in [0.15, 0.2) is 0 Å². The first-order chi connectivity index (χ1) is 12.1. The van der Waals surface area contributed by atoms with Gasteiger partial charge in [-0.1, -0.05) is 12.1 Å². The van der Waals surface area contributed by atoms with Crippen molar-refractivity contribution in [2.75, 3.05) is 0 Å². The molecule has 0 atom stereocenters. The second-order valence-corrected chi connectivity index (χ2v) is 5.88. The molecule has 1 N–H and O–H groups in total. The molecule has 1 amide bonds. The molecule has 128 valence electrons. The summed E-state index contributed by atoms with van der Waals surface area (Å²) in [6, 6.07) is 7.46. The highest BCUT2D eigenvalue weighted by Crippen LogP contribution is 2.21. The number of nitrogens with one attached hydrogen (secondary N) is 1. The van der Waals surface area contributed by atoms with Crippen molar-refractivity contribution in [3.63, 3.8) is 0 Å². The minimum atomic E-state index is -0.121. The summed E-state index contributed by atoms with van der Waals surface area (Å²) in [5.74, 6) is -0.121. The smallest absolute Gasteiger partial charge is 0.251 e. The van der Waals surface area contributed by atoms with Crippen molar-refractivity contribution in [2.24, 2.45) is 0 Å². The Hall–Kier alpha value is -3.02. The number of carbonyl (C=O) groups excluding carboxylic acids is 1.